The van der Waals surface area contributed by atoms with Gasteiger partial charge in [0, 0.05) is 24.0 Å². The molecule has 0 aromatic carbocycles. The van der Waals surface area contributed by atoms with E-state index in [1.807, 2.05) is 5.38 Å². The lowest BCUT2D eigenvalue weighted by molar-refractivity contribution is 0.468. The van der Waals surface area contributed by atoms with Gasteiger partial charge in [0.2, 0.25) is 0 Å². The van der Waals surface area contributed by atoms with E-state index in [2.05, 4.69) is 4.98 Å². The van der Waals surface area contributed by atoms with E-state index in [0.717, 1.165) is 24.3 Å². The Kier molecular flexibility index (Phi) is 3.61. The van der Waals surface area contributed by atoms with Crippen LogP contribution in [0.3, 0.4) is 0 Å². The van der Waals surface area contributed by atoms with Gasteiger partial charge in [0.05, 0.1) is 16.5 Å². The van der Waals surface area contributed by atoms with E-state index in [4.69, 9.17) is 5.73 Å². The van der Waals surface area contributed by atoms with Crippen molar-refractivity contribution in [2.24, 2.45) is 11.7 Å². The standard InChI is InChI=1S/C10H16N2O2S2/c11-9(6-10-12-2-3-15-10)5-8-1-4-16(13,14)7-8/h2-3,8-9H,1,4-7,11H2. The summed E-state index contributed by atoms with van der Waals surface area (Å²) in [6.07, 6.45) is 4.09. The van der Waals surface area contributed by atoms with Gasteiger partial charge < -0.3 is 5.73 Å². The number of aromatic nitrogens is 1. The van der Waals surface area contributed by atoms with Crippen LogP contribution < -0.4 is 5.73 Å². The molecule has 1 fully saturated rings. The van der Waals surface area contributed by atoms with E-state index >= 15 is 0 Å². The van der Waals surface area contributed by atoms with Crippen molar-refractivity contribution in [1.82, 2.24) is 4.98 Å². The van der Waals surface area contributed by atoms with E-state index in [0.29, 0.717) is 11.5 Å². The maximum absolute atomic E-state index is 11.3. The molecule has 0 radical (unpaired) electrons. The zero-order chi connectivity index (χ0) is 11.6. The molecule has 16 heavy (non-hydrogen) atoms. The minimum absolute atomic E-state index is 0.0319. The topological polar surface area (TPSA) is 73.0 Å². The molecule has 2 N–H and O–H groups in total. The summed E-state index contributed by atoms with van der Waals surface area (Å²) in [6, 6.07) is 0.0319. The predicted octanol–water partition coefficient (Wildman–Crippen LogP) is 0.838. The summed E-state index contributed by atoms with van der Waals surface area (Å²) in [4.78, 5) is 4.18. The molecule has 0 saturated carbocycles. The summed E-state index contributed by atoms with van der Waals surface area (Å²) in [5.41, 5.74) is 6.01. The first kappa shape index (κ1) is 12.0. The van der Waals surface area contributed by atoms with Gasteiger partial charge in [-0.15, -0.1) is 11.3 Å². The molecule has 1 aromatic heterocycles. The van der Waals surface area contributed by atoms with Gasteiger partial charge >= 0.3 is 0 Å². The Balaban J connectivity index is 1.82. The van der Waals surface area contributed by atoms with Crippen LogP contribution in [0.15, 0.2) is 11.6 Å². The summed E-state index contributed by atoms with van der Waals surface area (Å²) in [5, 5.41) is 2.97. The quantitative estimate of drug-likeness (QED) is 0.870. The minimum Gasteiger partial charge on any atom is -0.327 e. The molecular weight excluding hydrogens is 244 g/mol. The normalized spacial score (nSPS) is 25.7. The molecule has 2 heterocycles. The SMILES string of the molecule is NC(Cc1nccs1)CC1CCS(=O)(=O)C1. The highest BCUT2D eigenvalue weighted by atomic mass is 32.2. The Hall–Kier alpha value is -0.460. The van der Waals surface area contributed by atoms with Crippen molar-refractivity contribution in [3.63, 3.8) is 0 Å². The highest BCUT2D eigenvalue weighted by Gasteiger charge is 2.29. The average Bonchev–Trinajstić information content (AvgIpc) is 2.76. The van der Waals surface area contributed by atoms with E-state index in [1.165, 1.54) is 0 Å². The predicted molar refractivity (Wildman–Crippen MR) is 65.2 cm³/mol. The molecule has 0 bridgehead atoms. The third-order valence-corrected chi connectivity index (χ3v) is 5.52. The average molecular weight is 260 g/mol. The molecule has 90 valence electrons. The fourth-order valence-corrected chi connectivity index (χ4v) is 4.74. The molecule has 2 atom stereocenters. The fourth-order valence-electron chi connectivity index (χ4n) is 2.15. The van der Waals surface area contributed by atoms with Crippen molar-refractivity contribution < 1.29 is 8.42 Å². The first-order valence-corrected chi connectivity index (χ1v) is 8.09. The van der Waals surface area contributed by atoms with Crippen LogP contribution in [0, 0.1) is 5.92 Å². The van der Waals surface area contributed by atoms with Crippen LogP contribution in [0.2, 0.25) is 0 Å². The maximum Gasteiger partial charge on any atom is 0.150 e. The van der Waals surface area contributed by atoms with Gasteiger partial charge in [0.15, 0.2) is 9.84 Å². The maximum atomic E-state index is 11.3. The van der Waals surface area contributed by atoms with E-state index < -0.39 is 9.84 Å². The Bertz CT molecular complexity index is 428. The van der Waals surface area contributed by atoms with Crippen molar-refractivity contribution in [3.8, 4) is 0 Å². The molecule has 0 amide bonds. The van der Waals surface area contributed by atoms with Gasteiger partial charge in [-0.3, -0.25) is 0 Å². The monoisotopic (exact) mass is 260 g/mol. The van der Waals surface area contributed by atoms with Crippen LogP contribution in [0.25, 0.3) is 0 Å². The third-order valence-electron chi connectivity index (χ3n) is 2.88. The van der Waals surface area contributed by atoms with Gasteiger partial charge in [-0.25, -0.2) is 13.4 Å². The second-order valence-corrected chi connectivity index (χ2v) is 7.60. The Labute approximate surface area is 99.8 Å². The van der Waals surface area contributed by atoms with Gasteiger partial charge in [-0.2, -0.15) is 0 Å². The lowest BCUT2D eigenvalue weighted by atomic mass is 9.98. The Morgan fingerprint density at radius 3 is 3.00 bits per heavy atom. The van der Waals surface area contributed by atoms with Gasteiger partial charge in [-0.05, 0) is 18.8 Å². The molecule has 4 nitrogen and oxygen atoms in total. The zero-order valence-electron chi connectivity index (χ0n) is 9.00. The first-order valence-electron chi connectivity index (χ1n) is 5.39. The van der Waals surface area contributed by atoms with Crippen molar-refractivity contribution in [1.29, 1.82) is 0 Å². The second kappa shape index (κ2) is 4.81. The molecule has 0 aliphatic carbocycles. The largest absolute Gasteiger partial charge is 0.327 e. The highest BCUT2D eigenvalue weighted by molar-refractivity contribution is 7.91. The van der Waals surface area contributed by atoms with Crippen LogP contribution in [-0.2, 0) is 16.3 Å². The molecule has 6 heteroatoms. The van der Waals surface area contributed by atoms with Crippen LogP contribution in [0.5, 0.6) is 0 Å². The Morgan fingerprint density at radius 2 is 2.44 bits per heavy atom. The molecule has 1 aromatic rings. The second-order valence-electron chi connectivity index (χ2n) is 4.39. The van der Waals surface area contributed by atoms with Crippen molar-refractivity contribution in [3.05, 3.63) is 16.6 Å². The molecular formula is C10H16N2O2S2. The number of hydrogen-bond acceptors (Lipinski definition) is 5. The summed E-state index contributed by atoms with van der Waals surface area (Å²) >= 11 is 1.60. The highest BCUT2D eigenvalue weighted by Crippen LogP contribution is 2.23. The summed E-state index contributed by atoms with van der Waals surface area (Å²) in [6.45, 7) is 0. The van der Waals surface area contributed by atoms with Gasteiger partial charge in [0.1, 0.15) is 0 Å². The number of nitrogens with two attached hydrogens (primary N) is 1. The molecule has 1 saturated heterocycles. The summed E-state index contributed by atoms with van der Waals surface area (Å²) in [5.74, 6) is 0.903. The van der Waals surface area contributed by atoms with Gasteiger partial charge in [0.25, 0.3) is 0 Å². The van der Waals surface area contributed by atoms with E-state index in [9.17, 15) is 8.42 Å². The van der Waals surface area contributed by atoms with Crippen LogP contribution in [0.1, 0.15) is 17.8 Å². The van der Waals surface area contributed by atoms with Crippen LogP contribution in [-0.4, -0.2) is 30.9 Å². The van der Waals surface area contributed by atoms with Crippen molar-refractivity contribution >= 4 is 21.2 Å². The van der Waals surface area contributed by atoms with Crippen molar-refractivity contribution in [2.45, 2.75) is 25.3 Å². The fraction of sp³-hybridized carbons (Fsp3) is 0.700. The molecule has 1 aliphatic rings. The number of thiazole rings is 1. The zero-order valence-corrected chi connectivity index (χ0v) is 10.6. The first-order chi connectivity index (χ1) is 7.55. The lowest BCUT2D eigenvalue weighted by Crippen LogP contribution is -2.26. The molecule has 1 aliphatic heterocycles. The lowest BCUT2D eigenvalue weighted by Gasteiger charge is -2.13. The molecule has 2 unspecified atom stereocenters. The van der Waals surface area contributed by atoms with Gasteiger partial charge in [-0.1, -0.05) is 0 Å². The number of sulfone groups is 1. The van der Waals surface area contributed by atoms with Crippen LogP contribution in [0.4, 0.5) is 0 Å². The summed E-state index contributed by atoms with van der Waals surface area (Å²) in [7, 11) is -2.77. The minimum atomic E-state index is -2.77. The van der Waals surface area contributed by atoms with Crippen LogP contribution >= 0.6 is 11.3 Å². The van der Waals surface area contributed by atoms with E-state index in [-0.39, 0.29) is 12.0 Å². The Morgan fingerprint density at radius 1 is 1.62 bits per heavy atom. The molecule has 2 rings (SSSR count). The molecule has 0 spiro atoms. The summed E-state index contributed by atoms with van der Waals surface area (Å²) < 4.78 is 22.6. The van der Waals surface area contributed by atoms with Crippen molar-refractivity contribution in [2.75, 3.05) is 11.5 Å². The smallest absolute Gasteiger partial charge is 0.150 e. The number of rotatable bonds is 4. The third kappa shape index (κ3) is 3.26. The number of nitrogens with zero attached hydrogens (tertiary/aromatic N) is 1. The van der Waals surface area contributed by atoms with E-state index in [1.54, 1.807) is 17.5 Å². The number of hydrogen-bond donors (Lipinski definition) is 1.